The van der Waals surface area contributed by atoms with E-state index < -0.39 is 114 Å². The van der Waals surface area contributed by atoms with Crippen molar-refractivity contribution in [2.45, 2.75) is 186 Å². The van der Waals surface area contributed by atoms with Crippen LogP contribution in [0.15, 0.2) is 83.4 Å². The molecule has 16 nitrogen and oxygen atoms in total. The van der Waals surface area contributed by atoms with Crippen LogP contribution in [0.5, 0.6) is 0 Å². The van der Waals surface area contributed by atoms with E-state index in [0.717, 1.165) is 11.1 Å². The summed E-state index contributed by atoms with van der Waals surface area (Å²) in [4.78, 5) is 48.4. The van der Waals surface area contributed by atoms with Crippen LogP contribution in [-0.4, -0.2) is 157 Å². The summed E-state index contributed by atoms with van der Waals surface area (Å²) in [6, 6.07) is 18.2. The first kappa shape index (κ1) is 59.1. The summed E-state index contributed by atoms with van der Waals surface area (Å²) in [5.74, 6) is -4.70. The van der Waals surface area contributed by atoms with E-state index in [9.17, 15) is 19.8 Å². The molecule has 0 unspecified atom stereocenters. The van der Waals surface area contributed by atoms with Gasteiger partial charge in [0.1, 0.15) is 23.4 Å². The number of aliphatic hydroxyl groups is 2. The second-order valence-corrected chi connectivity index (χ2v) is 21.9. The van der Waals surface area contributed by atoms with Gasteiger partial charge in [-0.15, -0.1) is 0 Å². The highest BCUT2D eigenvalue weighted by atomic mass is 16.7. The number of carbonyl (C=O) groups excluding carboxylic acids is 3. The maximum atomic E-state index is 15.1. The van der Waals surface area contributed by atoms with Crippen molar-refractivity contribution >= 4 is 29.6 Å². The van der Waals surface area contributed by atoms with Gasteiger partial charge in [0.05, 0.1) is 60.8 Å². The molecule has 0 spiro atoms. The zero-order chi connectivity index (χ0) is 54.3. The van der Waals surface area contributed by atoms with Gasteiger partial charge in [-0.05, 0) is 104 Å². The standard InChI is InChI=1S/C58H84N2O14/c1-15-45-58(11,65)51-36(4)47(59-40(8)61)34(2)31-57(10,68-29-28-42(33-67-51)27-26-41-22-18-16-19-23-41)50(74-55-48(62)44(60(12)13)30-35(3)69-55)37(5)49(38(6)53(63)71-45)72-46-32-56(9,66-14)52(39(7)70-46)73-54(64)43-24-20-17-21-25-43/h16-28,34-39,44-46,48-52,55,62,65H,15,29-33H2,1-14H3/b27-26+,42-28-,59-47?/t34-,35-,36+,37+,38-,39+,44+,45-,46+,48-,49+,50-,51-,52+,55+,56-,57+,58-/m1/s1. The highest BCUT2D eigenvalue weighted by Gasteiger charge is 2.55. The Kier molecular flexibility index (Phi) is 20.2. The molecule has 6 rings (SSSR count). The molecule has 0 radical (unpaired) electrons. The number of carbonyl (C=O) groups is 3. The minimum Gasteiger partial charge on any atom is -0.459 e. The quantitative estimate of drug-likeness (QED) is 0.208. The first-order valence-corrected chi connectivity index (χ1v) is 26.4. The molecular weight excluding hydrogens is 949 g/mol. The van der Waals surface area contributed by atoms with Crippen molar-refractivity contribution in [3.63, 3.8) is 0 Å². The molecule has 0 aliphatic carbocycles. The van der Waals surface area contributed by atoms with Gasteiger partial charge in [0.15, 0.2) is 18.7 Å². The maximum absolute atomic E-state index is 15.1. The molecule has 74 heavy (non-hydrogen) atoms. The fourth-order valence-electron chi connectivity index (χ4n) is 11.7. The third-order valence-electron chi connectivity index (χ3n) is 15.8. The molecule has 2 bridgehead atoms. The Morgan fingerprint density at radius 1 is 0.892 bits per heavy atom. The number of esters is 2. The molecule has 0 aromatic heterocycles. The molecule has 3 saturated heterocycles. The molecule has 1 amide bonds. The Balaban J connectivity index is 1.53. The maximum Gasteiger partial charge on any atom is 0.338 e. The van der Waals surface area contributed by atoms with E-state index >= 15 is 4.79 Å². The number of aliphatic imine (C=N–C) groups is 1. The number of methoxy groups -OCH3 is 1. The SMILES string of the molecule is CC[C@H]1OC(=O)[C@H](C)[C@@H](O[C@H]2C[C@@](C)(OC)[C@@H](OC(=O)c3ccccc3)[C@H](C)O2)[C@H](C)[C@@H](O[C@@H]2O[C@H](C)C[C@H](N(C)C)[C@H]2O)[C@]2(C)C[C@@H](C)C(=NC(C)=O)[C@H](C)[C@@H](OCC(/C=C/c3ccccc3)=C\CO2)[C@]1(C)O. The molecule has 2 aromatic carbocycles. The summed E-state index contributed by atoms with van der Waals surface area (Å²) in [7, 11) is 5.35. The van der Waals surface area contributed by atoms with Gasteiger partial charge in [-0.1, -0.05) is 94.5 Å². The normalized spacial score (nSPS) is 40.2. The van der Waals surface area contributed by atoms with Crippen LogP contribution in [0.2, 0.25) is 0 Å². The summed E-state index contributed by atoms with van der Waals surface area (Å²) >= 11 is 0. The summed E-state index contributed by atoms with van der Waals surface area (Å²) in [5.41, 5.74) is -1.77. The molecule has 410 valence electrons. The number of hydrogen-bond acceptors (Lipinski definition) is 15. The van der Waals surface area contributed by atoms with Crippen LogP contribution in [0.4, 0.5) is 0 Å². The minimum absolute atomic E-state index is 0.0156. The third-order valence-corrected chi connectivity index (χ3v) is 15.8. The number of rotatable bonds is 11. The largest absolute Gasteiger partial charge is 0.459 e. The lowest BCUT2D eigenvalue weighted by Crippen LogP contribution is -2.62. The molecule has 3 fully saturated rings. The first-order valence-electron chi connectivity index (χ1n) is 26.4. The lowest BCUT2D eigenvalue weighted by Gasteiger charge is -2.50. The molecule has 4 aliphatic rings. The van der Waals surface area contributed by atoms with Gasteiger partial charge in [0, 0.05) is 44.0 Å². The number of fused-ring (bicyclic) bond motifs is 5. The average Bonchev–Trinajstić information content (AvgIpc) is 3.35. The Bertz CT molecular complexity index is 2270. The Morgan fingerprint density at radius 3 is 2.18 bits per heavy atom. The van der Waals surface area contributed by atoms with Crippen molar-refractivity contribution in [3.05, 3.63) is 89.5 Å². The fourth-order valence-corrected chi connectivity index (χ4v) is 11.7. The van der Waals surface area contributed by atoms with Crippen molar-refractivity contribution < 1.29 is 67.2 Å². The number of hydrogen-bond donors (Lipinski definition) is 2. The van der Waals surface area contributed by atoms with E-state index in [-0.39, 0.29) is 44.6 Å². The predicted octanol–water partition coefficient (Wildman–Crippen LogP) is 7.77. The van der Waals surface area contributed by atoms with Crippen LogP contribution in [0, 0.1) is 23.7 Å². The molecule has 2 aromatic rings. The van der Waals surface area contributed by atoms with Crippen molar-refractivity contribution in [2.75, 3.05) is 34.4 Å². The van der Waals surface area contributed by atoms with Crippen molar-refractivity contribution in [1.29, 1.82) is 0 Å². The van der Waals surface area contributed by atoms with Crippen LogP contribution >= 0.6 is 0 Å². The van der Waals surface area contributed by atoms with Crippen LogP contribution in [0.1, 0.15) is 118 Å². The molecule has 18 atom stereocenters. The van der Waals surface area contributed by atoms with Gasteiger partial charge in [-0.3, -0.25) is 9.59 Å². The smallest absolute Gasteiger partial charge is 0.338 e. The number of benzene rings is 2. The highest BCUT2D eigenvalue weighted by Crippen LogP contribution is 2.43. The van der Waals surface area contributed by atoms with E-state index in [0.29, 0.717) is 17.7 Å². The van der Waals surface area contributed by atoms with Crippen LogP contribution in [-0.2, 0) is 52.2 Å². The zero-order valence-corrected chi connectivity index (χ0v) is 46.1. The van der Waals surface area contributed by atoms with Gasteiger partial charge < -0.3 is 57.7 Å². The molecule has 0 saturated carbocycles. The van der Waals surface area contributed by atoms with E-state index in [2.05, 4.69) is 4.99 Å². The molecular formula is C58H84N2O14. The summed E-state index contributed by atoms with van der Waals surface area (Å²) < 4.78 is 60.2. The molecule has 16 heteroatoms. The summed E-state index contributed by atoms with van der Waals surface area (Å²) in [6.45, 7) is 19.8. The highest BCUT2D eigenvalue weighted by molar-refractivity contribution is 5.98. The molecule has 2 N–H and O–H groups in total. The van der Waals surface area contributed by atoms with Gasteiger partial charge in [-0.2, -0.15) is 0 Å². The lowest BCUT2D eigenvalue weighted by atomic mass is 9.73. The molecule has 4 heterocycles. The monoisotopic (exact) mass is 1030 g/mol. The van der Waals surface area contributed by atoms with Gasteiger partial charge in [0.2, 0.25) is 5.91 Å². The number of cyclic esters (lactones) is 1. The zero-order valence-electron chi connectivity index (χ0n) is 46.1. The number of aliphatic hydroxyl groups excluding tert-OH is 1. The van der Waals surface area contributed by atoms with Gasteiger partial charge in [0.25, 0.3) is 0 Å². The topological polar surface area (TPSA) is 190 Å². The second-order valence-electron chi connectivity index (χ2n) is 21.9. The first-order chi connectivity index (χ1) is 34.9. The van der Waals surface area contributed by atoms with E-state index in [1.165, 1.54) is 14.0 Å². The number of amides is 1. The Hall–Kier alpha value is -4.20. The van der Waals surface area contributed by atoms with Crippen LogP contribution < -0.4 is 0 Å². The summed E-state index contributed by atoms with van der Waals surface area (Å²) in [6.07, 6.45) is -2.64. The minimum atomic E-state index is -1.83. The van der Waals surface area contributed by atoms with Crippen LogP contribution in [0.3, 0.4) is 0 Å². The average molecular weight is 1030 g/mol. The van der Waals surface area contributed by atoms with Crippen molar-refractivity contribution in [3.8, 4) is 0 Å². The Morgan fingerprint density at radius 2 is 1.55 bits per heavy atom. The summed E-state index contributed by atoms with van der Waals surface area (Å²) in [5, 5.41) is 25.1. The number of ether oxygens (including phenoxy) is 9. The Labute approximate surface area is 439 Å². The predicted molar refractivity (Wildman–Crippen MR) is 280 cm³/mol. The van der Waals surface area contributed by atoms with Crippen molar-refractivity contribution in [1.82, 2.24) is 4.90 Å². The van der Waals surface area contributed by atoms with E-state index in [1.807, 2.05) is 122 Å². The number of likely N-dealkylation sites (N-methyl/N-ethyl adjacent to an activating group) is 1. The van der Waals surface area contributed by atoms with Crippen molar-refractivity contribution in [2.24, 2.45) is 28.7 Å². The van der Waals surface area contributed by atoms with E-state index in [1.54, 1.807) is 45.0 Å². The van der Waals surface area contributed by atoms with E-state index in [4.69, 9.17) is 42.6 Å². The second kappa shape index (κ2) is 25.3. The van der Waals surface area contributed by atoms with Gasteiger partial charge in [-0.25, -0.2) is 9.79 Å². The lowest BCUT2D eigenvalue weighted by molar-refractivity contribution is -0.319. The molecule has 4 aliphatic heterocycles. The van der Waals surface area contributed by atoms with Crippen LogP contribution in [0.25, 0.3) is 6.08 Å². The third kappa shape index (κ3) is 13.8. The number of nitrogens with zero attached hydrogens (tertiary/aromatic N) is 2. The van der Waals surface area contributed by atoms with Gasteiger partial charge >= 0.3 is 11.9 Å². The fraction of sp³-hybridized carbons (Fsp3) is 0.655.